The van der Waals surface area contributed by atoms with Gasteiger partial charge in [0, 0.05) is 26.2 Å². The Bertz CT molecular complexity index is 201. The number of likely N-dealkylation sites (N-methyl/N-ethyl adjacent to an activating group) is 1. The lowest BCUT2D eigenvalue weighted by molar-refractivity contribution is -0.150. The molecule has 1 saturated heterocycles. The van der Waals surface area contributed by atoms with E-state index in [2.05, 4.69) is 16.8 Å². The Morgan fingerprint density at radius 3 is 2.33 bits per heavy atom. The molecule has 0 aliphatic carbocycles. The third-order valence-electron chi connectivity index (χ3n) is 2.92. The van der Waals surface area contributed by atoms with Crippen LogP contribution in [0.1, 0.15) is 20.3 Å². The Kier molecular flexibility index (Phi) is 5.05. The molecule has 0 N–H and O–H groups in total. The minimum absolute atomic E-state index is 0.0429. The van der Waals surface area contributed by atoms with Gasteiger partial charge in [-0.25, -0.2) is 0 Å². The number of rotatable bonds is 4. The maximum absolute atomic E-state index is 11.7. The molecule has 1 rings (SSSR count). The van der Waals surface area contributed by atoms with Gasteiger partial charge in [0.25, 0.3) is 0 Å². The fourth-order valence-corrected chi connectivity index (χ4v) is 1.95. The molecule has 4 heteroatoms. The Labute approximate surface area is 92.2 Å². The van der Waals surface area contributed by atoms with Crippen molar-refractivity contribution in [1.82, 2.24) is 9.80 Å². The first-order chi connectivity index (χ1) is 7.19. The van der Waals surface area contributed by atoms with E-state index in [-0.39, 0.29) is 12.0 Å². The number of nitrogens with zero attached hydrogens (tertiary/aromatic N) is 2. The van der Waals surface area contributed by atoms with E-state index in [1.165, 1.54) is 0 Å². The molecule has 1 aliphatic rings. The Morgan fingerprint density at radius 1 is 1.27 bits per heavy atom. The molecule has 15 heavy (non-hydrogen) atoms. The number of hydrogen-bond donors (Lipinski definition) is 0. The van der Waals surface area contributed by atoms with Gasteiger partial charge in [0.05, 0.1) is 6.61 Å². The minimum atomic E-state index is -0.0652. The normalized spacial score (nSPS) is 21.3. The zero-order chi connectivity index (χ0) is 11.3. The van der Waals surface area contributed by atoms with Gasteiger partial charge in [0.15, 0.2) is 0 Å². The topological polar surface area (TPSA) is 32.8 Å². The second-order valence-electron chi connectivity index (χ2n) is 4.02. The second kappa shape index (κ2) is 6.08. The van der Waals surface area contributed by atoms with E-state index in [1.54, 1.807) is 0 Å². The van der Waals surface area contributed by atoms with E-state index in [0.29, 0.717) is 6.61 Å². The minimum Gasteiger partial charge on any atom is -0.465 e. The van der Waals surface area contributed by atoms with E-state index in [9.17, 15) is 4.79 Å². The van der Waals surface area contributed by atoms with E-state index in [0.717, 1.165) is 32.6 Å². The number of ether oxygens (including phenoxy) is 1. The first-order valence-electron chi connectivity index (χ1n) is 5.78. The summed E-state index contributed by atoms with van der Waals surface area (Å²) in [5.41, 5.74) is 0. The maximum atomic E-state index is 11.7. The summed E-state index contributed by atoms with van der Waals surface area (Å²) in [5.74, 6) is -0.0652. The van der Waals surface area contributed by atoms with Crippen LogP contribution in [0.3, 0.4) is 0 Å². The molecule has 0 amide bonds. The molecule has 1 unspecified atom stereocenters. The lowest BCUT2D eigenvalue weighted by atomic mass is 10.1. The van der Waals surface area contributed by atoms with E-state index < -0.39 is 0 Å². The highest BCUT2D eigenvalue weighted by atomic mass is 16.5. The molecule has 0 saturated carbocycles. The van der Waals surface area contributed by atoms with E-state index in [1.807, 2.05) is 13.8 Å². The van der Waals surface area contributed by atoms with Gasteiger partial charge in [-0.2, -0.15) is 0 Å². The summed E-state index contributed by atoms with van der Waals surface area (Å²) in [6.45, 7) is 8.38. The predicted molar refractivity (Wildman–Crippen MR) is 59.8 cm³/mol. The van der Waals surface area contributed by atoms with E-state index >= 15 is 0 Å². The van der Waals surface area contributed by atoms with Gasteiger partial charge in [-0.15, -0.1) is 0 Å². The largest absolute Gasteiger partial charge is 0.465 e. The van der Waals surface area contributed by atoms with Crippen LogP contribution in [-0.2, 0) is 9.53 Å². The van der Waals surface area contributed by atoms with Crippen molar-refractivity contribution in [1.29, 1.82) is 0 Å². The smallest absolute Gasteiger partial charge is 0.323 e. The van der Waals surface area contributed by atoms with Crippen LogP contribution in [0.2, 0.25) is 0 Å². The van der Waals surface area contributed by atoms with Gasteiger partial charge >= 0.3 is 5.97 Å². The van der Waals surface area contributed by atoms with Crippen molar-refractivity contribution >= 4 is 5.97 Å². The summed E-state index contributed by atoms with van der Waals surface area (Å²) in [5, 5.41) is 0. The van der Waals surface area contributed by atoms with Crippen LogP contribution in [0.4, 0.5) is 0 Å². The average Bonchev–Trinajstić information content (AvgIpc) is 2.22. The molecule has 0 aromatic carbocycles. The summed E-state index contributed by atoms with van der Waals surface area (Å²) in [6, 6.07) is -0.0429. The molecule has 0 spiro atoms. The van der Waals surface area contributed by atoms with Gasteiger partial charge in [0.2, 0.25) is 0 Å². The van der Waals surface area contributed by atoms with E-state index in [4.69, 9.17) is 4.74 Å². The van der Waals surface area contributed by atoms with Crippen molar-refractivity contribution in [3.8, 4) is 0 Å². The lowest BCUT2D eigenvalue weighted by Crippen LogP contribution is -2.51. The van der Waals surface area contributed by atoms with Crippen molar-refractivity contribution in [2.75, 3.05) is 39.8 Å². The molecule has 0 aromatic heterocycles. The highest BCUT2D eigenvalue weighted by Gasteiger charge is 2.27. The van der Waals surface area contributed by atoms with Gasteiger partial charge in [0.1, 0.15) is 6.04 Å². The molecule has 0 bridgehead atoms. The van der Waals surface area contributed by atoms with Crippen LogP contribution in [0, 0.1) is 0 Å². The van der Waals surface area contributed by atoms with Crippen molar-refractivity contribution in [2.24, 2.45) is 0 Å². The Morgan fingerprint density at radius 2 is 1.87 bits per heavy atom. The fraction of sp³-hybridized carbons (Fsp3) is 0.909. The quantitative estimate of drug-likeness (QED) is 0.641. The molecule has 4 nitrogen and oxygen atoms in total. The fourth-order valence-electron chi connectivity index (χ4n) is 1.95. The Balaban J connectivity index is 2.47. The van der Waals surface area contributed by atoms with Crippen molar-refractivity contribution < 1.29 is 9.53 Å². The number of carbonyl (C=O) groups is 1. The SMILES string of the molecule is CCOC(=O)C(CC)N1CCN(C)CC1. The summed E-state index contributed by atoms with van der Waals surface area (Å²) < 4.78 is 5.08. The zero-order valence-corrected chi connectivity index (χ0v) is 10.0. The number of piperazine rings is 1. The van der Waals surface area contributed by atoms with Crippen molar-refractivity contribution in [3.63, 3.8) is 0 Å². The highest BCUT2D eigenvalue weighted by Crippen LogP contribution is 2.10. The summed E-state index contributed by atoms with van der Waals surface area (Å²) in [4.78, 5) is 16.2. The van der Waals surface area contributed by atoms with Gasteiger partial charge in [-0.1, -0.05) is 6.92 Å². The first kappa shape index (κ1) is 12.5. The first-order valence-corrected chi connectivity index (χ1v) is 5.78. The van der Waals surface area contributed by atoms with Gasteiger partial charge in [-0.05, 0) is 20.4 Å². The lowest BCUT2D eigenvalue weighted by Gasteiger charge is -2.36. The number of carbonyl (C=O) groups excluding carboxylic acids is 1. The average molecular weight is 214 g/mol. The summed E-state index contributed by atoms with van der Waals surface area (Å²) >= 11 is 0. The van der Waals surface area contributed by atoms with Crippen molar-refractivity contribution in [2.45, 2.75) is 26.3 Å². The number of esters is 1. The third kappa shape index (κ3) is 3.47. The zero-order valence-electron chi connectivity index (χ0n) is 10.0. The van der Waals surface area contributed by atoms with Crippen LogP contribution in [0.25, 0.3) is 0 Å². The predicted octanol–water partition coefficient (Wildman–Crippen LogP) is 0.575. The molecule has 1 fully saturated rings. The highest BCUT2D eigenvalue weighted by molar-refractivity contribution is 5.75. The molecule has 88 valence electrons. The third-order valence-corrected chi connectivity index (χ3v) is 2.92. The van der Waals surface area contributed by atoms with Crippen LogP contribution >= 0.6 is 0 Å². The Hall–Kier alpha value is -0.610. The van der Waals surface area contributed by atoms with Gasteiger partial charge in [-0.3, -0.25) is 9.69 Å². The second-order valence-corrected chi connectivity index (χ2v) is 4.02. The van der Waals surface area contributed by atoms with Crippen LogP contribution in [0.5, 0.6) is 0 Å². The number of hydrogen-bond acceptors (Lipinski definition) is 4. The summed E-state index contributed by atoms with van der Waals surface area (Å²) in [6.07, 6.45) is 0.836. The standard InChI is InChI=1S/C11H22N2O2/c1-4-10(11(14)15-5-2)13-8-6-12(3)7-9-13/h10H,4-9H2,1-3H3. The molecular formula is C11H22N2O2. The van der Waals surface area contributed by atoms with Crippen LogP contribution < -0.4 is 0 Å². The van der Waals surface area contributed by atoms with Crippen LogP contribution in [0.15, 0.2) is 0 Å². The molecule has 1 aliphatic heterocycles. The molecule has 1 atom stereocenters. The summed E-state index contributed by atoms with van der Waals surface area (Å²) in [7, 11) is 2.11. The molecule has 0 aromatic rings. The molecule has 1 heterocycles. The van der Waals surface area contributed by atoms with Crippen molar-refractivity contribution in [3.05, 3.63) is 0 Å². The van der Waals surface area contributed by atoms with Crippen LogP contribution in [-0.4, -0.2) is 61.6 Å². The monoisotopic (exact) mass is 214 g/mol. The molecular weight excluding hydrogens is 192 g/mol. The van der Waals surface area contributed by atoms with Gasteiger partial charge < -0.3 is 9.64 Å². The maximum Gasteiger partial charge on any atom is 0.323 e. The molecule has 0 radical (unpaired) electrons.